The summed E-state index contributed by atoms with van der Waals surface area (Å²) in [6.07, 6.45) is 0. The Bertz CT molecular complexity index is 862. The molecule has 7 heteroatoms. The molecule has 27 heavy (non-hydrogen) atoms. The Morgan fingerprint density at radius 1 is 1.00 bits per heavy atom. The molecule has 2 aromatic carbocycles. The van der Waals surface area contributed by atoms with Crippen molar-refractivity contribution in [2.75, 3.05) is 19.6 Å². The second-order valence-corrected chi connectivity index (χ2v) is 5.96. The van der Waals surface area contributed by atoms with E-state index in [0.29, 0.717) is 12.2 Å². The van der Waals surface area contributed by atoms with Crippen molar-refractivity contribution in [3.63, 3.8) is 0 Å². The highest BCUT2D eigenvalue weighted by atomic mass is 35.5. The Morgan fingerprint density at radius 2 is 1.67 bits per heavy atom. The Hall–Kier alpha value is -2.70. The van der Waals surface area contributed by atoms with E-state index < -0.39 is 0 Å². The van der Waals surface area contributed by atoms with Crippen LogP contribution in [0.1, 0.15) is 23.1 Å². The second kappa shape index (κ2) is 9.85. The average Bonchev–Trinajstić information content (AvgIpc) is 3.07. The van der Waals surface area contributed by atoms with Gasteiger partial charge in [0.1, 0.15) is 0 Å². The van der Waals surface area contributed by atoms with Gasteiger partial charge in [0, 0.05) is 13.1 Å². The van der Waals surface area contributed by atoms with Crippen LogP contribution in [-0.4, -0.2) is 40.5 Å². The summed E-state index contributed by atoms with van der Waals surface area (Å²) < 4.78 is 1.69. The summed E-state index contributed by atoms with van der Waals surface area (Å²) in [4.78, 5) is 12.3. The fourth-order valence-corrected chi connectivity index (χ4v) is 2.73. The molecule has 0 atom stereocenters. The highest BCUT2D eigenvalue weighted by Gasteiger charge is 2.16. The first-order chi connectivity index (χ1) is 12.7. The fourth-order valence-electron chi connectivity index (χ4n) is 2.73. The van der Waals surface area contributed by atoms with Gasteiger partial charge in [-0.2, -0.15) is 0 Å². The molecule has 3 aromatic rings. The molecule has 0 aliphatic rings. The molecular formula is C20H24ClN5O. The van der Waals surface area contributed by atoms with E-state index in [2.05, 4.69) is 33.1 Å². The predicted molar refractivity (Wildman–Crippen MR) is 110 cm³/mol. The number of aromatic nitrogens is 3. The zero-order valence-electron chi connectivity index (χ0n) is 15.5. The van der Waals surface area contributed by atoms with Gasteiger partial charge in [-0.25, -0.2) is 4.68 Å². The lowest BCUT2D eigenvalue weighted by molar-refractivity contribution is 0.0948. The summed E-state index contributed by atoms with van der Waals surface area (Å²) in [5.41, 5.74) is 4.25. The number of hydrogen-bond donors (Lipinski definition) is 2. The lowest BCUT2D eigenvalue weighted by Crippen LogP contribution is -2.32. The van der Waals surface area contributed by atoms with E-state index >= 15 is 0 Å². The fraction of sp³-hybridized carbons (Fsp3) is 0.250. The van der Waals surface area contributed by atoms with Gasteiger partial charge in [-0.15, -0.1) is 17.5 Å². The Morgan fingerprint density at radius 3 is 2.33 bits per heavy atom. The molecule has 2 N–H and O–H groups in total. The van der Waals surface area contributed by atoms with Crippen molar-refractivity contribution in [1.29, 1.82) is 0 Å². The molecule has 142 valence electrons. The van der Waals surface area contributed by atoms with E-state index in [1.165, 1.54) is 0 Å². The minimum atomic E-state index is -0.201. The van der Waals surface area contributed by atoms with E-state index in [9.17, 15) is 4.79 Å². The summed E-state index contributed by atoms with van der Waals surface area (Å²) in [6, 6.07) is 18.2. The minimum absolute atomic E-state index is 0. The maximum absolute atomic E-state index is 12.3. The molecule has 1 heterocycles. The van der Waals surface area contributed by atoms with Crippen LogP contribution in [0.4, 0.5) is 0 Å². The normalized spacial score (nSPS) is 10.3. The molecule has 0 unspecified atom stereocenters. The summed E-state index contributed by atoms with van der Waals surface area (Å²) in [5.74, 6) is -0.201. The van der Waals surface area contributed by atoms with E-state index in [4.69, 9.17) is 0 Å². The zero-order valence-corrected chi connectivity index (χ0v) is 16.3. The molecule has 0 aliphatic carbocycles. The number of carbonyl (C=O) groups is 1. The van der Waals surface area contributed by atoms with Crippen molar-refractivity contribution in [1.82, 2.24) is 25.6 Å². The largest absolute Gasteiger partial charge is 0.349 e. The molecule has 0 bridgehead atoms. The van der Waals surface area contributed by atoms with Crippen LogP contribution < -0.4 is 10.6 Å². The van der Waals surface area contributed by atoms with Crippen LogP contribution in [0.25, 0.3) is 16.8 Å². The molecule has 0 radical (unpaired) electrons. The Balaban J connectivity index is 0.00000261. The van der Waals surface area contributed by atoms with E-state index in [1.54, 1.807) is 4.68 Å². The van der Waals surface area contributed by atoms with Gasteiger partial charge in [-0.1, -0.05) is 54.6 Å². The summed E-state index contributed by atoms with van der Waals surface area (Å²) in [6.45, 7) is 6.05. The number of carbonyl (C=O) groups excluding carboxylic acids is 1. The van der Waals surface area contributed by atoms with Crippen LogP contribution in [0.5, 0.6) is 0 Å². The lowest BCUT2D eigenvalue weighted by Gasteiger charge is -2.07. The zero-order chi connectivity index (χ0) is 18.4. The number of halogens is 1. The van der Waals surface area contributed by atoms with Gasteiger partial charge < -0.3 is 10.6 Å². The maximum Gasteiger partial charge on any atom is 0.273 e. The molecule has 0 saturated carbocycles. The van der Waals surface area contributed by atoms with Crippen molar-refractivity contribution in [2.24, 2.45) is 0 Å². The van der Waals surface area contributed by atoms with Crippen molar-refractivity contribution in [2.45, 2.75) is 13.8 Å². The molecule has 6 nitrogen and oxygen atoms in total. The summed E-state index contributed by atoms with van der Waals surface area (Å²) in [7, 11) is 0. The molecule has 0 fully saturated rings. The van der Waals surface area contributed by atoms with Crippen molar-refractivity contribution in [3.05, 3.63) is 66.0 Å². The summed E-state index contributed by atoms with van der Waals surface area (Å²) >= 11 is 0. The highest BCUT2D eigenvalue weighted by molar-refractivity contribution is 5.93. The molecular weight excluding hydrogens is 362 g/mol. The number of nitrogens with one attached hydrogen (secondary N) is 2. The predicted octanol–water partition coefficient (Wildman–Crippen LogP) is 3.00. The molecule has 1 aromatic heterocycles. The van der Waals surface area contributed by atoms with Gasteiger partial charge in [0.15, 0.2) is 5.69 Å². The van der Waals surface area contributed by atoms with Gasteiger partial charge in [-0.05, 0) is 36.7 Å². The molecule has 1 amide bonds. The van der Waals surface area contributed by atoms with Gasteiger partial charge in [-0.3, -0.25) is 4.79 Å². The van der Waals surface area contributed by atoms with E-state index in [1.807, 2.05) is 56.3 Å². The van der Waals surface area contributed by atoms with Crippen molar-refractivity contribution >= 4 is 18.3 Å². The SMILES string of the molecule is CCNCCNC(=O)c1nnn(-c2ccc(-c3ccccc3)cc2)c1C.Cl. The monoisotopic (exact) mass is 385 g/mol. The molecule has 0 aliphatic heterocycles. The van der Waals surface area contributed by atoms with Gasteiger partial charge in [0.05, 0.1) is 11.4 Å². The number of benzene rings is 2. The number of amides is 1. The third kappa shape index (κ3) is 4.93. The number of rotatable bonds is 7. The van der Waals surface area contributed by atoms with Crippen LogP contribution >= 0.6 is 12.4 Å². The topological polar surface area (TPSA) is 71.8 Å². The van der Waals surface area contributed by atoms with Gasteiger partial charge in [0.2, 0.25) is 0 Å². The Kier molecular flexibility index (Phi) is 7.52. The van der Waals surface area contributed by atoms with Crippen LogP contribution in [0.15, 0.2) is 54.6 Å². The first-order valence-corrected chi connectivity index (χ1v) is 8.77. The smallest absolute Gasteiger partial charge is 0.273 e. The highest BCUT2D eigenvalue weighted by Crippen LogP contribution is 2.21. The van der Waals surface area contributed by atoms with Gasteiger partial charge in [0.25, 0.3) is 5.91 Å². The lowest BCUT2D eigenvalue weighted by atomic mass is 10.1. The average molecular weight is 386 g/mol. The van der Waals surface area contributed by atoms with Gasteiger partial charge >= 0.3 is 0 Å². The van der Waals surface area contributed by atoms with E-state index in [0.717, 1.165) is 35.6 Å². The molecule has 0 saturated heterocycles. The number of hydrogen-bond acceptors (Lipinski definition) is 4. The third-order valence-electron chi connectivity index (χ3n) is 4.17. The van der Waals surface area contributed by atoms with Crippen molar-refractivity contribution < 1.29 is 4.79 Å². The van der Waals surface area contributed by atoms with Crippen LogP contribution in [0, 0.1) is 6.92 Å². The molecule has 0 spiro atoms. The van der Waals surface area contributed by atoms with Crippen LogP contribution in [-0.2, 0) is 0 Å². The first kappa shape index (κ1) is 20.6. The summed E-state index contributed by atoms with van der Waals surface area (Å²) in [5, 5.41) is 14.2. The van der Waals surface area contributed by atoms with Crippen LogP contribution in [0.2, 0.25) is 0 Å². The Labute approximate surface area is 165 Å². The first-order valence-electron chi connectivity index (χ1n) is 8.77. The number of likely N-dealkylation sites (N-methyl/N-ethyl adjacent to an activating group) is 1. The van der Waals surface area contributed by atoms with Crippen LogP contribution in [0.3, 0.4) is 0 Å². The maximum atomic E-state index is 12.3. The third-order valence-corrected chi connectivity index (χ3v) is 4.17. The number of nitrogens with zero attached hydrogens (tertiary/aromatic N) is 3. The molecule has 3 rings (SSSR count). The second-order valence-electron chi connectivity index (χ2n) is 5.96. The van der Waals surface area contributed by atoms with E-state index in [-0.39, 0.29) is 18.3 Å². The standard InChI is InChI=1S/C20H23N5O.ClH/c1-3-21-13-14-22-20(26)19-15(2)25(24-23-19)18-11-9-17(10-12-18)16-7-5-4-6-8-16;/h4-12,21H,3,13-14H2,1-2H3,(H,22,26);1H. The van der Waals surface area contributed by atoms with Crippen molar-refractivity contribution in [3.8, 4) is 16.8 Å². The quantitative estimate of drug-likeness (QED) is 0.613. The minimum Gasteiger partial charge on any atom is -0.349 e.